The number of halogens is 2. The summed E-state index contributed by atoms with van der Waals surface area (Å²) >= 11 is 12.0. The van der Waals surface area contributed by atoms with E-state index in [-0.39, 0.29) is 44.1 Å². The molecule has 0 radical (unpaired) electrons. The summed E-state index contributed by atoms with van der Waals surface area (Å²) in [6, 6.07) is 2.89. The van der Waals surface area contributed by atoms with Crippen molar-refractivity contribution in [2.45, 2.75) is 13.8 Å². The number of hydrogen-bond donors (Lipinski definition) is 2. The maximum atomic E-state index is 12.6. The zero-order valence-corrected chi connectivity index (χ0v) is 15.0. The van der Waals surface area contributed by atoms with Crippen LogP contribution in [0.1, 0.15) is 43.8 Å². The Morgan fingerprint density at radius 2 is 1.72 bits per heavy atom. The van der Waals surface area contributed by atoms with Gasteiger partial charge in [0.1, 0.15) is 16.9 Å². The number of ketones is 1. The van der Waals surface area contributed by atoms with Gasteiger partial charge in [0.25, 0.3) is 11.8 Å². The highest BCUT2D eigenvalue weighted by molar-refractivity contribution is 6.37. The van der Waals surface area contributed by atoms with Crippen molar-refractivity contribution in [2.24, 2.45) is 5.73 Å². The number of amides is 2. The molecule has 3 N–H and O–H groups in total. The molecule has 2 aromatic rings. The first-order valence-electron chi connectivity index (χ1n) is 6.96. The van der Waals surface area contributed by atoms with Crippen LogP contribution >= 0.6 is 23.2 Å². The normalized spacial score (nSPS) is 10.4. The summed E-state index contributed by atoms with van der Waals surface area (Å²) in [6.45, 7) is 2.73. The molecule has 0 aliphatic carbocycles. The SMILES string of the molecule is COc1c(Cl)ccc(Cl)c1C(=O)Nc1oc(C)c(C(C)=O)c1C(N)=O. The quantitative estimate of drug-likeness (QED) is 0.766. The first-order valence-corrected chi connectivity index (χ1v) is 7.72. The molecule has 1 aromatic heterocycles. The van der Waals surface area contributed by atoms with E-state index in [1.807, 2.05) is 0 Å². The Kier molecular flexibility index (Phi) is 5.39. The molecule has 0 aliphatic heterocycles. The van der Waals surface area contributed by atoms with Gasteiger partial charge in [0.2, 0.25) is 5.88 Å². The summed E-state index contributed by atoms with van der Waals surface area (Å²) in [5, 5.41) is 2.64. The third-order valence-electron chi connectivity index (χ3n) is 3.40. The van der Waals surface area contributed by atoms with Crippen LogP contribution < -0.4 is 15.8 Å². The van der Waals surface area contributed by atoms with Gasteiger partial charge in [-0.15, -0.1) is 0 Å². The van der Waals surface area contributed by atoms with Crippen molar-refractivity contribution in [3.63, 3.8) is 0 Å². The van der Waals surface area contributed by atoms with Crippen molar-refractivity contribution in [3.05, 3.63) is 44.6 Å². The van der Waals surface area contributed by atoms with Crippen molar-refractivity contribution >= 4 is 46.7 Å². The fourth-order valence-corrected chi connectivity index (χ4v) is 2.87. The van der Waals surface area contributed by atoms with E-state index in [4.69, 9.17) is 38.1 Å². The van der Waals surface area contributed by atoms with Gasteiger partial charge in [-0.1, -0.05) is 23.2 Å². The van der Waals surface area contributed by atoms with Gasteiger partial charge in [-0.05, 0) is 26.0 Å². The highest BCUT2D eigenvalue weighted by atomic mass is 35.5. The van der Waals surface area contributed by atoms with Gasteiger partial charge in [0.05, 0.1) is 22.7 Å². The van der Waals surface area contributed by atoms with E-state index in [0.29, 0.717) is 0 Å². The van der Waals surface area contributed by atoms with E-state index >= 15 is 0 Å². The first-order chi connectivity index (χ1) is 11.7. The lowest BCUT2D eigenvalue weighted by Gasteiger charge is -2.11. The number of ether oxygens (including phenoxy) is 1. The lowest BCUT2D eigenvalue weighted by molar-refractivity contribution is 0.0974. The predicted octanol–water partition coefficient (Wildman–Crippen LogP) is 3.46. The number of nitrogens with one attached hydrogen (secondary N) is 1. The van der Waals surface area contributed by atoms with E-state index in [0.717, 1.165) is 0 Å². The Hall–Kier alpha value is -2.51. The number of furan rings is 1. The van der Waals surface area contributed by atoms with E-state index in [2.05, 4.69) is 5.32 Å². The molecule has 2 amide bonds. The Labute approximate surface area is 153 Å². The molecule has 132 valence electrons. The molecule has 1 aromatic carbocycles. The van der Waals surface area contributed by atoms with Crippen molar-refractivity contribution in [2.75, 3.05) is 12.4 Å². The molecule has 0 atom stereocenters. The van der Waals surface area contributed by atoms with Crippen LogP contribution in [0.15, 0.2) is 16.5 Å². The van der Waals surface area contributed by atoms with E-state index in [9.17, 15) is 14.4 Å². The minimum absolute atomic E-state index is 0.00644. The van der Waals surface area contributed by atoms with Crippen molar-refractivity contribution in [3.8, 4) is 5.75 Å². The molecular weight excluding hydrogens is 371 g/mol. The van der Waals surface area contributed by atoms with E-state index in [1.54, 1.807) is 0 Å². The average Bonchev–Trinajstić information content (AvgIpc) is 2.85. The third kappa shape index (κ3) is 3.47. The summed E-state index contributed by atoms with van der Waals surface area (Å²) in [5.41, 5.74) is 5.06. The van der Waals surface area contributed by atoms with Crippen molar-refractivity contribution in [1.82, 2.24) is 0 Å². The number of carbonyl (C=O) groups excluding carboxylic acids is 3. The van der Waals surface area contributed by atoms with Gasteiger partial charge in [0, 0.05) is 0 Å². The number of rotatable bonds is 5. The third-order valence-corrected chi connectivity index (χ3v) is 4.01. The van der Waals surface area contributed by atoms with Crippen LogP contribution in [0.5, 0.6) is 5.75 Å². The highest BCUT2D eigenvalue weighted by Crippen LogP contribution is 2.35. The average molecular weight is 385 g/mol. The molecular formula is C16H14Cl2N2O5. The van der Waals surface area contributed by atoms with Crippen LogP contribution in [0.3, 0.4) is 0 Å². The fourth-order valence-electron chi connectivity index (χ4n) is 2.40. The molecule has 0 saturated carbocycles. The molecule has 1 heterocycles. The molecule has 0 unspecified atom stereocenters. The van der Waals surface area contributed by atoms with Crippen LogP contribution in [-0.4, -0.2) is 24.7 Å². The minimum atomic E-state index is -0.915. The molecule has 0 fully saturated rings. The van der Waals surface area contributed by atoms with Gasteiger partial charge in [-0.2, -0.15) is 0 Å². The van der Waals surface area contributed by atoms with Crippen molar-refractivity contribution in [1.29, 1.82) is 0 Å². The van der Waals surface area contributed by atoms with E-state index in [1.165, 1.54) is 33.1 Å². The summed E-state index contributed by atoms with van der Waals surface area (Å²) in [5.74, 6) is -2.12. The monoisotopic (exact) mass is 384 g/mol. The fraction of sp³-hybridized carbons (Fsp3) is 0.188. The van der Waals surface area contributed by atoms with Crippen LogP contribution in [0.4, 0.5) is 5.88 Å². The molecule has 0 saturated heterocycles. The number of benzene rings is 1. The van der Waals surface area contributed by atoms with Gasteiger partial charge < -0.3 is 14.9 Å². The van der Waals surface area contributed by atoms with E-state index < -0.39 is 17.6 Å². The number of nitrogens with two attached hydrogens (primary N) is 1. The summed E-state index contributed by atoms with van der Waals surface area (Å²) in [4.78, 5) is 36.0. The largest absolute Gasteiger partial charge is 0.494 e. The molecule has 25 heavy (non-hydrogen) atoms. The number of methoxy groups -OCH3 is 1. The summed E-state index contributed by atoms with van der Waals surface area (Å²) < 4.78 is 10.4. The van der Waals surface area contributed by atoms with Crippen LogP contribution in [0, 0.1) is 6.92 Å². The summed E-state index contributed by atoms with van der Waals surface area (Å²) in [6.07, 6.45) is 0. The molecule has 0 bridgehead atoms. The lowest BCUT2D eigenvalue weighted by Crippen LogP contribution is -2.19. The maximum absolute atomic E-state index is 12.6. The topological polar surface area (TPSA) is 112 Å². The number of aryl methyl sites for hydroxylation is 1. The van der Waals surface area contributed by atoms with Crippen LogP contribution in [0.25, 0.3) is 0 Å². The van der Waals surface area contributed by atoms with Gasteiger partial charge >= 0.3 is 0 Å². The smallest absolute Gasteiger partial charge is 0.263 e. The zero-order chi connectivity index (χ0) is 18.9. The molecule has 0 spiro atoms. The first kappa shape index (κ1) is 18.8. The zero-order valence-electron chi connectivity index (χ0n) is 13.5. The second kappa shape index (κ2) is 7.16. The standard InChI is InChI=1S/C16H14Cl2N2O5/c1-6(21)10-7(2)25-16(12(10)14(19)22)20-15(23)11-8(17)4-5-9(18)13(11)24-3/h4-5H,1-3H3,(H2,19,22)(H,20,23). The van der Waals surface area contributed by atoms with Gasteiger partial charge in [-0.25, -0.2) is 0 Å². The van der Waals surface area contributed by atoms with Crippen molar-refractivity contribution < 1.29 is 23.5 Å². The predicted molar refractivity (Wildman–Crippen MR) is 92.9 cm³/mol. The molecule has 2 rings (SSSR count). The molecule has 0 aliphatic rings. The second-order valence-electron chi connectivity index (χ2n) is 5.05. The Bertz CT molecular complexity index is 889. The number of primary amides is 1. The maximum Gasteiger partial charge on any atom is 0.263 e. The van der Waals surface area contributed by atoms with Crippen LogP contribution in [-0.2, 0) is 0 Å². The number of anilines is 1. The lowest BCUT2D eigenvalue weighted by atomic mass is 10.1. The minimum Gasteiger partial charge on any atom is -0.494 e. The van der Waals surface area contributed by atoms with Gasteiger partial charge in [0.15, 0.2) is 11.5 Å². The molecule has 7 nitrogen and oxygen atoms in total. The Morgan fingerprint density at radius 3 is 2.24 bits per heavy atom. The number of hydrogen-bond acceptors (Lipinski definition) is 5. The number of carbonyl (C=O) groups is 3. The molecule has 9 heteroatoms. The Balaban J connectivity index is 2.54. The summed E-state index contributed by atoms with van der Waals surface area (Å²) in [7, 11) is 1.33. The second-order valence-corrected chi connectivity index (χ2v) is 5.86. The highest BCUT2D eigenvalue weighted by Gasteiger charge is 2.28. The number of Topliss-reactive ketones (excluding diaryl/α,β-unsaturated/α-hetero) is 1. The van der Waals surface area contributed by atoms with Crippen LogP contribution in [0.2, 0.25) is 10.0 Å². The van der Waals surface area contributed by atoms with Gasteiger partial charge in [-0.3, -0.25) is 19.7 Å². The Morgan fingerprint density at radius 1 is 1.12 bits per heavy atom.